The van der Waals surface area contributed by atoms with Gasteiger partial charge in [0, 0.05) is 11.6 Å². The van der Waals surface area contributed by atoms with Crippen molar-refractivity contribution >= 4 is 6.08 Å². The van der Waals surface area contributed by atoms with Crippen LogP contribution in [-0.4, -0.2) is 6.18 Å². The Balaban J connectivity index is 1.82. The Morgan fingerprint density at radius 2 is 1.22 bits per heavy atom. The molecule has 27 heavy (non-hydrogen) atoms. The molecule has 0 aliphatic heterocycles. The molecule has 0 saturated carbocycles. The van der Waals surface area contributed by atoms with Crippen molar-refractivity contribution in [2.75, 3.05) is 0 Å². The molecule has 0 spiro atoms. The van der Waals surface area contributed by atoms with E-state index in [2.05, 4.69) is 31.2 Å². The van der Waals surface area contributed by atoms with Crippen molar-refractivity contribution in [3.05, 3.63) is 89.8 Å². The second-order valence-corrected chi connectivity index (χ2v) is 6.24. The first-order valence-corrected chi connectivity index (χ1v) is 8.61. The maximum absolute atomic E-state index is 14.1. The van der Waals surface area contributed by atoms with Crippen LogP contribution in [0.4, 0.5) is 17.6 Å². The molecule has 0 radical (unpaired) electrons. The monoisotopic (exact) mass is 370 g/mol. The lowest BCUT2D eigenvalue weighted by atomic mass is 9.98. The van der Waals surface area contributed by atoms with E-state index < -0.39 is 12.0 Å². The van der Waals surface area contributed by atoms with Crippen LogP contribution < -0.4 is 0 Å². The Kier molecular flexibility index (Phi) is 5.45. The lowest BCUT2D eigenvalue weighted by molar-refractivity contribution is -0.0790. The van der Waals surface area contributed by atoms with Crippen molar-refractivity contribution in [3.8, 4) is 22.3 Å². The molecule has 0 aliphatic rings. The number of halogens is 4. The van der Waals surface area contributed by atoms with E-state index in [1.54, 1.807) is 6.07 Å². The van der Waals surface area contributed by atoms with Crippen molar-refractivity contribution in [3.63, 3.8) is 0 Å². The predicted octanol–water partition coefficient (Wildman–Crippen LogP) is 7.30. The van der Waals surface area contributed by atoms with Gasteiger partial charge in [0.25, 0.3) is 0 Å². The van der Waals surface area contributed by atoms with Gasteiger partial charge in [-0.1, -0.05) is 67.6 Å². The third-order valence-electron chi connectivity index (χ3n) is 4.37. The lowest BCUT2D eigenvalue weighted by Gasteiger charge is -2.07. The fourth-order valence-electron chi connectivity index (χ4n) is 2.81. The van der Waals surface area contributed by atoms with E-state index in [0.717, 1.165) is 29.2 Å². The second kappa shape index (κ2) is 7.78. The van der Waals surface area contributed by atoms with Crippen LogP contribution >= 0.6 is 0 Å². The maximum Gasteiger partial charge on any atom is 0.409 e. The summed E-state index contributed by atoms with van der Waals surface area (Å²) in [5.41, 5.74) is 4.73. The average Bonchev–Trinajstić information content (AvgIpc) is 2.66. The van der Waals surface area contributed by atoms with Gasteiger partial charge in [0.05, 0.1) is 0 Å². The first kappa shape index (κ1) is 18.9. The smallest absolute Gasteiger partial charge is 0.206 e. The van der Waals surface area contributed by atoms with E-state index in [-0.39, 0.29) is 11.6 Å². The van der Waals surface area contributed by atoms with Gasteiger partial charge in [-0.2, -0.15) is 13.2 Å². The molecule has 0 aliphatic carbocycles. The quantitative estimate of drug-likeness (QED) is 0.423. The van der Waals surface area contributed by atoms with E-state index in [9.17, 15) is 17.6 Å². The number of rotatable bonds is 4. The van der Waals surface area contributed by atoms with Gasteiger partial charge in [-0.15, -0.1) is 0 Å². The zero-order valence-corrected chi connectivity index (χ0v) is 14.7. The summed E-state index contributed by atoms with van der Waals surface area (Å²) in [6.07, 6.45) is -2.71. The summed E-state index contributed by atoms with van der Waals surface area (Å²) in [5.74, 6) is -0.688. The Bertz CT molecular complexity index is 934. The number of aryl methyl sites for hydroxylation is 1. The minimum atomic E-state index is -4.46. The van der Waals surface area contributed by atoms with E-state index in [0.29, 0.717) is 5.56 Å². The molecule has 0 unspecified atom stereocenters. The van der Waals surface area contributed by atoms with Gasteiger partial charge < -0.3 is 0 Å². The van der Waals surface area contributed by atoms with E-state index >= 15 is 0 Å². The summed E-state index contributed by atoms with van der Waals surface area (Å²) in [5, 5.41) is 0. The largest absolute Gasteiger partial charge is 0.409 e. The van der Waals surface area contributed by atoms with Crippen LogP contribution in [-0.2, 0) is 6.42 Å². The van der Waals surface area contributed by atoms with Crippen LogP contribution in [0.25, 0.3) is 28.3 Å². The molecule has 0 fully saturated rings. The molecule has 0 nitrogen and oxygen atoms in total. The number of allylic oxidation sites excluding steroid dienone is 1. The highest BCUT2D eigenvalue weighted by molar-refractivity contribution is 5.71. The predicted molar refractivity (Wildman–Crippen MR) is 102 cm³/mol. The minimum Gasteiger partial charge on any atom is -0.206 e. The maximum atomic E-state index is 14.1. The first-order valence-electron chi connectivity index (χ1n) is 8.61. The third-order valence-corrected chi connectivity index (χ3v) is 4.37. The number of benzene rings is 3. The molecule has 3 aromatic carbocycles. The zero-order valence-electron chi connectivity index (χ0n) is 14.7. The van der Waals surface area contributed by atoms with E-state index in [1.165, 1.54) is 17.7 Å². The standard InChI is InChI=1S/C23H18F4/c1-2-16-3-5-17(6-4-16)18-7-9-19(10-8-18)21-12-11-20(22(24)15-21)13-14-23(25,26)27/h3-15H,2H2,1H3. The summed E-state index contributed by atoms with van der Waals surface area (Å²) in [4.78, 5) is 0. The minimum absolute atomic E-state index is 0.0314. The molecule has 0 aromatic heterocycles. The molecular formula is C23H18F4. The molecule has 4 heteroatoms. The Morgan fingerprint density at radius 1 is 0.741 bits per heavy atom. The fourth-order valence-corrected chi connectivity index (χ4v) is 2.81. The van der Waals surface area contributed by atoms with Gasteiger partial charge in [0.1, 0.15) is 5.82 Å². The topological polar surface area (TPSA) is 0 Å². The van der Waals surface area contributed by atoms with E-state index in [1.807, 2.05) is 24.3 Å². The Morgan fingerprint density at radius 3 is 1.70 bits per heavy atom. The molecule has 3 rings (SSSR count). The van der Waals surface area contributed by atoms with Crippen LogP contribution in [0.3, 0.4) is 0 Å². The highest BCUT2D eigenvalue weighted by atomic mass is 19.4. The highest BCUT2D eigenvalue weighted by Gasteiger charge is 2.22. The molecule has 0 saturated heterocycles. The fraction of sp³-hybridized carbons (Fsp3) is 0.130. The van der Waals surface area contributed by atoms with Crippen LogP contribution in [0.1, 0.15) is 18.1 Å². The molecule has 0 N–H and O–H groups in total. The molecule has 138 valence electrons. The summed E-state index contributed by atoms with van der Waals surface area (Å²) in [6, 6.07) is 20.2. The highest BCUT2D eigenvalue weighted by Crippen LogP contribution is 2.27. The van der Waals surface area contributed by atoms with Crippen molar-refractivity contribution in [1.82, 2.24) is 0 Å². The van der Waals surface area contributed by atoms with Gasteiger partial charge in [0.2, 0.25) is 0 Å². The molecule has 0 heterocycles. The first-order chi connectivity index (χ1) is 12.9. The van der Waals surface area contributed by atoms with Crippen LogP contribution in [0, 0.1) is 5.82 Å². The van der Waals surface area contributed by atoms with Crippen LogP contribution in [0.2, 0.25) is 0 Å². The number of alkyl halides is 3. The van der Waals surface area contributed by atoms with Crippen LogP contribution in [0.15, 0.2) is 72.8 Å². The average molecular weight is 370 g/mol. The van der Waals surface area contributed by atoms with Crippen molar-refractivity contribution < 1.29 is 17.6 Å². The molecule has 3 aromatic rings. The summed E-state index contributed by atoms with van der Waals surface area (Å²) < 4.78 is 50.8. The van der Waals surface area contributed by atoms with Crippen LogP contribution in [0.5, 0.6) is 0 Å². The lowest BCUT2D eigenvalue weighted by Crippen LogP contribution is -2.00. The van der Waals surface area contributed by atoms with Gasteiger partial charge in [-0.3, -0.25) is 0 Å². The molecule has 0 atom stereocenters. The van der Waals surface area contributed by atoms with Gasteiger partial charge in [-0.25, -0.2) is 4.39 Å². The van der Waals surface area contributed by atoms with Gasteiger partial charge in [0.15, 0.2) is 0 Å². The number of hydrogen-bond acceptors (Lipinski definition) is 0. The molecular weight excluding hydrogens is 352 g/mol. The van der Waals surface area contributed by atoms with Crippen molar-refractivity contribution in [2.45, 2.75) is 19.5 Å². The van der Waals surface area contributed by atoms with Gasteiger partial charge in [-0.05, 0) is 46.4 Å². The Hall–Kier alpha value is -2.88. The zero-order chi connectivity index (χ0) is 19.4. The molecule has 0 bridgehead atoms. The summed E-state index contributed by atoms with van der Waals surface area (Å²) in [6.45, 7) is 2.10. The second-order valence-electron chi connectivity index (χ2n) is 6.24. The molecule has 0 amide bonds. The number of hydrogen-bond donors (Lipinski definition) is 0. The Labute approximate surface area is 155 Å². The third kappa shape index (κ3) is 4.85. The SMILES string of the molecule is CCc1ccc(-c2ccc(-c3ccc(C=CC(F)(F)F)c(F)c3)cc2)cc1. The summed E-state index contributed by atoms with van der Waals surface area (Å²) >= 11 is 0. The summed E-state index contributed by atoms with van der Waals surface area (Å²) in [7, 11) is 0. The van der Waals surface area contributed by atoms with Crippen molar-refractivity contribution in [1.29, 1.82) is 0 Å². The van der Waals surface area contributed by atoms with Crippen molar-refractivity contribution in [2.24, 2.45) is 0 Å². The normalized spacial score (nSPS) is 11.9. The van der Waals surface area contributed by atoms with E-state index in [4.69, 9.17) is 0 Å². The van der Waals surface area contributed by atoms with Gasteiger partial charge >= 0.3 is 6.18 Å².